The number of rotatable bonds is 0. The van der Waals surface area contributed by atoms with Crippen LogP contribution < -0.4 is 0 Å². The van der Waals surface area contributed by atoms with E-state index >= 15 is 0 Å². The topological polar surface area (TPSA) is 40.5 Å². The van der Waals surface area contributed by atoms with Gasteiger partial charge in [-0.1, -0.05) is 23.2 Å². The standard InChI is InChI=1S/2C7H4ClF3O.2C5H5.Zr/c2*8-5-3-4(7(9,10)11)1-2-6(5)12;2*1-2-4-5-3-1;/h2*1-3,12H;2*1-5H;/q;;2*-1;+2. The van der Waals surface area contributed by atoms with Gasteiger partial charge in [-0.25, -0.2) is 24.3 Å². The summed E-state index contributed by atoms with van der Waals surface area (Å²) in [5, 5.41) is 17.0. The number of aromatic hydroxyl groups is 2. The minimum atomic E-state index is -4.42. The van der Waals surface area contributed by atoms with Crippen LogP contribution in [-0.2, 0) is 38.6 Å². The minimum absolute atomic E-state index is 0. The van der Waals surface area contributed by atoms with Gasteiger partial charge in [0.05, 0.1) is 21.2 Å². The predicted molar refractivity (Wildman–Crippen MR) is 120 cm³/mol. The number of phenols is 2. The Morgan fingerprint density at radius 3 is 1.03 bits per heavy atom. The van der Waals surface area contributed by atoms with Crippen LogP contribution in [0.25, 0.3) is 0 Å². The van der Waals surface area contributed by atoms with Crippen molar-refractivity contribution in [2.24, 2.45) is 0 Å². The summed E-state index contributed by atoms with van der Waals surface area (Å²) in [6.45, 7) is 0. The van der Waals surface area contributed by atoms with Crippen LogP contribution in [0.1, 0.15) is 11.1 Å². The second-order valence-corrected chi connectivity index (χ2v) is 7.07. The fourth-order valence-corrected chi connectivity index (χ4v) is 2.37. The van der Waals surface area contributed by atoms with Gasteiger partial charge in [0.25, 0.3) is 0 Å². The Morgan fingerprint density at radius 1 is 0.571 bits per heavy atom. The number of hydrogen-bond donors (Lipinski definition) is 2. The number of benzene rings is 2. The molecule has 0 unspecified atom stereocenters. The van der Waals surface area contributed by atoms with Crippen LogP contribution in [0.4, 0.5) is 26.3 Å². The maximum Gasteiger partial charge on any atom is 2.00 e. The third-order valence-electron chi connectivity index (χ3n) is 3.66. The van der Waals surface area contributed by atoms with Crippen molar-refractivity contribution >= 4 is 23.2 Å². The Balaban J connectivity index is 0.000000468. The summed E-state index contributed by atoms with van der Waals surface area (Å²) in [5.74, 6) is -0.714. The normalized spacial score (nSPS) is 10.3. The molecule has 4 rings (SSSR count). The third-order valence-corrected chi connectivity index (χ3v) is 4.27. The van der Waals surface area contributed by atoms with E-state index in [2.05, 4.69) is 0 Å². The monoisotopic (exact) mass is 612 g/mol. The maximum atomic E-state index is 12.0. The first-order valence-corrected chi connectivity index (χ1v) is 10.0. The van der Waals surface area contributed by atoms with E-state index < -0.39 is 23.5 Å². The molecule has 2 nitrogen and oxygen atoms in total. The van der Waals surface area contributed by atoms with E-state index in [9.17, 15) is 26.3 Å². The molecule has 0 amide bonds. The Morgan fingerprint density at radius 2 is 0.857 bits per heavy atom. The van der Waals surface area contributed by atoms with Crippen LogP contribution in [-0.4, -0.2) is 10.2 Å². The summed E-state index contributed by atoms with van der Waals surface area (Å²) < 4.78 is 71.8. The number of alkyl halides is 6. The zero-order valence-electron chi connectivity index (χ0n) is 17.7. The van der Waals surface area contributed by atoms with E-state index in [4.69, 9.17) is 33.4 Å². The Bertz CT molecular complexity index is 958. The molecule has 0 aliphatic carbocycles. The van der Waals surface area contributed by atoms with Crippen molar-refractivity contribution < 1.29 is 62.8 Å². The molecule has 0 fully saturated rings. The average Bonchev–Trinajstić information content (AvgIpc) is 3.50. The molecule has 186 valence electrons. The largest absolute Gasteiger partial charge is 2.00 e. The zero-order chi connectivity index (χ0) is 25.8. The van der Waals surface area contributed by atoms with Crippen LogP contribution in [0, 0.1) is 0 Å². The molecular formula is C24H18Cl2F6O2Zr. The summed E-state index contributed by atoms with van der Waals surface area (Å²) in [6, 6.07) is 24.7. The van der Waals surface area contributed by atoms with Crippen LogP contribution >= 0.6 is 23.2 Å². The van der Waals surface area contributed by atoms with Crippen molar-refractivity contribution in [1.82, 2.24) is 0 Å². The van der Waals surface area contributed by atoms with Crippen LogP contribution in [0.2, 0.25) is 10.0 Å². The minimum Gasteiger partial charge on any atom is -0.506 e. The summed E-state index contributed by atoms with van der Waals surface area (Å²) in [7, 11) is 0. The van der Waals surface area contributed by atoms with Gasteiger partial charge in [-0.05, 0) is 36.4 Å². The molecule has 0 aliphatic heterocycles. The molecule has 0 spiro atoms. The summed E-state index contributed by atoms with van der Waals surface area (Å²) in [4.78, 5) is 0. The molecule has 35 heavy (non-hydrogen) atoms. The van der Waals surface area contributed by atoms with E-state index in [-0.39, 0.29) is 47.7 Å². The first-order valence-electron chi connectivity index (χ1n) is 9.27. The first-order chi connectivity index (χ1) is 15.8. The van der Waals surface area contributed by atoms with Crippen molar-refractivity contribution in [3.05, 3.63) is 118 Å². The summed E-state index contributed by atoms with van der Waals surface area (Å²) in [5.41, 5.74) is -1.74. The molecule has 0 bridgehead atoms. The molecule has 4 aromatic rings. The van der Waals surface area contributed by atoms with Gasteiger partial charge < -0.3 is 10.2 Å². The molecule has 0 saturated heterocycles. The van der Waals surface area contributed by atoms with E-state index in [1.807, 2.05) is 60.7 Å². The second-order valence-electron chi connectivity index (χ2n) is 6.25. The first kappa shape index (κ1) is 32.8. The van der Waals surface area contributed by atoms with Crippen LogP contribution in [0.5, 0.6) is 11.5 Å². The molecule has 0 heterocycles. The molecular weight excluding hydrogens is 596 g/mol. The number of hydrogen-bond acceptors (Lipinski definition) is 2. The maximum absolute atomic E-state index is 12.0. The second kappa shape index (κ2) is 15.7. The Kier molecular flexibility index (Phi) is 14.7. The van der Waals surface area contributed by atoms with Crippen molar-refractivity contribution in [3.63, 3.8) is 0 Å². The van der Waals surface area contributed by atoms with Gasteiger partial charge in [-0.15, -0.1) is 0 Å². The summed E-state index contributed by atoms with van der Waals surface area (Å²) in [6.07, 6.45) is -8.84. The van der Waals surface area contributed by atoms with Gasteiger partial charge in [-0.2, -0.15) is 62.7 Å². The Hall–Kier alpha value is -2.22. The summed E-state index contributed by atoms with van der Waals surface area (Å²) >= 11 is 10.5. The van der Waals surface area contributed by atoms with Gasteiger partial charge in [0.2, 0.25) is 0 Å². The van der Waals surface area contributed by atoms with Crippen LogP contribution in [0.15, 0.2) is 97.1 Å². The SMILES string of the molecule is Oc1ccc(C(F)(F)F)cc1Cl.Oc1ccc(C(F)(F)F)cc1Cl.[Zr+2].c1cc[cH-]c1.c1cc[cH-]c1. The van der Waals surface area contributed by atoms with E-state index in [0.717, 1.165) is 24.3 Å². The molecule has 0 saturated carbocycles. The van der Waals surface area contributed by atoms with E-state index in [1.54, 1.807) is 0 Å². The number of halogens is 8. The molecule has 2 N–H and O–H groups in total. The fourth-order valence-electron chi connectivity index (χ4n) is 2.01. The van der Waals surface area contributed by atoms with Crippen LogP contribution in [0.3, 0.4) is 0 Å². The van der Waals surface area contributed by atoms with Crippen molar-refractivity contribution in [2.75, 3.05) is 0 Å². The number of phenolic OH excluding ortho intramolecular Hbond substituents is 2. The molecule has 0 radical (unpaired) electrons. The Labute approximate surface area is 227 Å². The van der Waals surface area contributed by atoms with E-state index in [0.29, 0.717) is 12.1 Å². The van der Waals surface area contributed by atoms with Gasteiger partial charge in [0.1, 0.15) is 11.5 Å². The van der Waals surface area contributed by atoms with E-state index in [1.165, 1.54) is 0 Å². The van der Waals surface area contributed by atoms with Gasteiger partial charge in [-0.3, -0.25) is 0 Å². The molecule has 0 atom stereocenters. The molecule has 11 heteroatoms. The van der Waals surface area contributed by atoms with Gasteiger partial charge >= 0.3 is 38.6 Å². The predicted octanol–water partition coefficient (Wildman–Crippen LogP) is 8.94. The zero-order valence-corrected chi connectivity index (χ0v) is 21.6. The quantitative estimate of drug-likeness (QED) is 0.153. The fraction of sp³-hybridized carbons (Fsp3) is 0.0833. The third kappa shape index (κ3) is 13.5. The van der Waals surface area contributed by atoms with Crippen molar-refractivity contribution in [2.45, 2.75) is 12.4 Å². The van der Waals surface area contributed by atoms with Crippen molar-refractivity contribution in [3.8, 4) is 11.5 Å². The van der Waals surface area contributed by atoms with Crippen molar-refractivity contribution in [1.29, 1.82) is 0 Å². The van der Waals surface area contributed by atoms with Gasteiger partial charge in [0.15, 0.2) is 0 Å². The average molecular weight is 615 g/mol. The molecule has 0 aliphatic rings. The molecule has 0 aromatic heterocycles. The smallest absolute Gasteiger partial charge is 0.506 e. The molecule has 4 aromatic carbocycles. The van der Waals surface area contributed by atoms with Gasteiger partial charge in [0, 0.05) is 0 Å².